The maximum atomic E-state index is 13.7. The third-order valence-corrected chi connectivity index (χ3v) is 5.41. The molecular weight excluding hydrogens is 450 g/mol. The molecule has 1 N–H and O–H groups in total. The second kappa shape index (κ2) is 10.2. The minimum atomic E-state index is -0.639. The molecule has 0 aliphatic carbocycles. The van der Waals surface area contributed by atoms with Gasteiger partial charge in [-0.05, 0) is 25.1 Å². The number of nitrogens with one attached hydrogen (secondary N) is 1. The Kier molecular flexibility index (Phi) is 6.91. The molecule has 0 aliphatic rings. The summed E-state index contributed by atoms with van der Waals surface area (Å²) in [6.45, 7) is 2.36. The first-order valence-corrected chi connectivity index (χ1v) is 10.9. The number of anilines is 1. The van der Waals surface area contributed by atoms with Crippen LogP contribution in [0.1, 0.15) is 27.6 Å². The maximum Gasteiger partial charge on any atom is 0.340 e. The molecule has 8 heteroatoms. The first-order valence-electron chi connectivity index (χ1n) is 10.9. The van der Waals surface area contributed by atoms with Crippen LogP contribution in [0.4, 0.5) is 5.69 Å². The fourth-order valence-corrected chi connectivity index (χ4v) is 3.80. The molecule has 3 aromatic carbocycles. The molecule has 0 bridgehead atoms. The van der Waals surface area contributed by atoms with Crippen LogP contribution >= 0.6 is 0 Å². The van der Waals surface area contributed by atoms with Crippen LogP contribution in [-0.2, 0) is 4.74 Å². The number of esters is 1. The van der Waals surface area contributed by atoms with E-state index in [1.807, 2.05) is 37.3 Å². The molecule has 4 aromatic rings. The van der Waals surface area contributed by atoms with Crippen molar-refractivity contribution >= 4 is 28.5 Å². The van der Waals surface area contributed by atoms with Gasteiger partial charge in [-0.2, -0.15) is 0 Å². The molecule has 0 saturated carbocycles. The Hall–Kier alpha value is -4.46. The van der Waals surface area contributed by atoms with Crippen molar-refractivity contribution in [2.45, 2.75) is 6.92 Å². The van der Waals surface area contributed by atoms with Crippen molar-refractivity contribution in [3.63, 3.8) is 0 Å². The SMILES string of the molecule is CCOc1ccc2oc(-c3ccccc3)c(C(=O)Nc3cc(OC)c(OC)cc3C(=O)OC)c2c1. The summed E-state index contributed by atoms with van der Waals surface area (Å²) < 4.78 is 27.3. The van der Waals surface area contributed by atoms with E-state index in [0.717, 1.165) is 5.56 Å². The van der Waals surface area contributed by atoms with Crippen molar-refractivity contribution in [1.82, 2.24) is 0 Å². The average molecular weight is 475 g/mol. The summed E-state index contributed by atoms with van der Waals surface area (Å²) >= 11 is 0. The Morgan fingerprint density at radius 3 is 2.29 bits per heavy atom. The summed E-state index contributed by atoms with van der Waals surface area (Å²) in [6.07, 6.45) is 0. The van der Waals surface area contributed by atoms with Gasteiger partial charge in [0.05, 0.1) is 44.8 Å². The van der Waals surface area contributed by atoms with Gasteiger partial charge in [0.15, 0.2) is 11.5 Å². The summed E-state index contributed by atoms with van der Waals surface area (Å²) in [5, 5.41) is 3.41. The Morgan fingerprint density at radius 2 is 1.63 bits per heavy atom. The van der Waals surface area contributed by atoms with Crippen molar-refractivity contribution in [3.05, 3.63) is 71.8 Å². The van der Waals surface area contributed by atoms with E-state index in [-0.39, 0.29) is 11.3 Å². The van der Waals surface area contributed by atoms with E-state index in [1.54, 1.807) is 18.2 Å². The third kappa shape index (κ3) is 4.63. The van der Waals surface area contributed by atoms with Crippen molar-refractivity contribution in [2.24, 2.45) is 0 Å². The van der Waals surface area contributed by atoms with E-state index >= 15 is 0 Å². The fourth-order valence-electron chi connectivity index (χ4n) is 3.80. The van der Waals surface area contributed by atoms with Crippen LogP contribution in [-0.4, -0.2) is 39.8 Å². The molecule has 180 valence electrons. The topological polar surface area (TPSA) is 96.2 Å². The quantitative estimate of drug-likeness (QED) is 0.334. The zero-order valence-electron chi connectivity index (χ0n) is 19.8. The molecule has 1 amide bonds. The molecule has 0 aliphatic heterocycles. The number of methoxy groups -OCH3 is 3. The highest BCUT2D eigenvalue weighted by Gasteiger charge is 2.25. The molecule has 0 saturated heterocycles. The molecule has 8 nitrogen and oxygen atoms in total. The smallest absolute Gasteiger partial charge is 0.340 e. The van der Waals surface area contributed by atoms with Gasteiger partial charge in [0.2, 0.25) is 0 Å². The lowest BCUT2D eigenvalue weighted by molar-refractivity contribution is 0.0601. The van der Waals surface area contributed by atoms with Gasteiger partial charge in [-0.1, -0.05) is 30.3 Å². The van der Waals surface area contributed by atoms with Crippen molar-refractivity contribution in [1.29, 1.82) is 0 Å². The third-order valence-electron chi connectivity index (χ3n) is 5.41. The number of amides is 1. The van der Waals surface area contributed by atoms with Crippen molar-refractivity contribution in [3.8, 4) is 28.6 Å². The standard InChI is InChI=1S/C27H25NO7/c1-5-34-17-11-12-21-19(13-17)24(25(35-21)16-9-7-6-8-10-16)26(29)28-20-15-23(32-3)22(31-2)14-18(20)27(30)33-4/h6-15H,5H2,1-4H3,(H,28,29). The minimum Gasteiger partial charge on any atom is -0.494 e. The largest absolute Gasteiger partial charge is 0.494 e. The first kappa shape index (κ1) is 23.7. The normalized spacial score (nSPS) is 10.6. The fraction of sp³-hybridized carbons (Fsp3) is 0.185. The molecule has 1 aromatic heterocycles. The van der Waals surface area contributed by atoms with Crippen LogP contribution in [0.25, 0.3) is 22.3 Å². The average Bonchev–Trinajstić information content (AvgIpc) is 3.27. The zero-order valence-corrected chi connectivity index (χ0v) is 19.8. The zero-order chi connectivity index (χ0) is 24.9. The van der Waals surface area contributed by atoms with Crippen molar-refractivity contribution < 1.29 is 33.0 Å². The molecule has 0 radical (unpaired) electrons. The van der Waals surface area contributed by atoms with E-state index in [4.69, 9.17) is 23.4 Å². The lowest BCUT2D eigenvalue weighted by atomic mass is 10.0. The summed E-state index contributed by atoms with van der Waals surface area (Å²) in [7, 11) is 4.18. The molecule has 35 heavy (non-hydrogen) atoms. The summed E-state index contributed by atoms with van der Waals surface area (Å²) in [5.41, 5.74) is 1.88. The first-order chi connectivity index (χ1) is 17.0. The van der Waals surface area contributed by atoms with Gasteiger partial charge in [-0.25, -0.2) is 4.79 Å². The maximum absolute atomic E-state index is 13.7. The molecular formula is C27H25NO7. The molecule has 4 rings (SSSR count). The van der Waals surface area contributed by atoms with Crippen LogP contribution in [0.3, 0.4) is 0 Å². The van der Waals surface area contributed by atoms with Crippen LogP contribution in [0.2, 0.25) is 0 Å². The van der Waals surface area contributed by atoms with Gasteiger partial charge in [0.1, 0.15) is 17.1 Å². The number of ether oxygens (including phenoxy) is 4. The van der Waals surface area contributed by atoms with Gasteiger partial charge in [0, 0.05) is 23.1 Å². The summed E-state index contributed by atoms with van der Waals surface area (Å²) in [5.74, 6) is 0.553. The Balaban J connectivity index is 1.87. The molecule has 0 atom stereocenters. The number of rotatable bonds is 8. The van der Waals surface area contributed by atoms with Gasteiger partial charge in [-0.3, -0.25) is 4.79 Å². The van der Waals surface area contributed by atoms with E-state index in [2.05, 4.69) is 5.32 Å². The highest BCUT2D eigenvalue weighted by Crippen LogP contribution is 2.38. The number of furan rings is 1. The highest BCUT2D eigenvalue weighted by molar-refractivity contribution is 6.18. The van der Waals surface area contributed by atoms with E-state index in [1.165, 1.54) is 33.5 Å². The number of benzene rings is 3. The predicted octanol–water partition coefficient (Wildman–Crippen LogP) is 5.55. The monoisotopic (exact) mass is 475 g/mol. The van der Waals surface area contributed by atoms with E-state index in [9.17, 15) is 9.59 Å². The van der Waals surface area contributed by atoms with Crippen LogP contribution in [0, 0.1) is 0 Å². The molecule has 0 unspecified atom stereocenters. The minimum absolute atomic E-state index is 0.113. The van der Waals surface area contributed by atoms with Gasteiger partial charge >= 0.3 is 5.97 Å². The van der Waals surface area contributed by atoms with Gasteiger partial charge < -0.3 is 28.7 Å². The molecule has 1 heterocycles. The Labute approximate surface area is 202 Å². The van der Waals surface area contributed by atoms with Crippen molar-refractivity contribution in [2.75, 3.05) is 33.3 Å². The Bertz CT molecular complexity index is 1380. The van der Waals surface area contributed by atoms with Crippen LogP contribution in [0.15, 0.2) is 65.1 Å². The van der Waals surface area contributed by atoms with Gasteiger partial charge in [-0.15, -0.1) is 0 Å². The second-order valence-electron chi connectivity index (χ2n) is 7.46. The number of hydrogen-bond acceptors (Lipinski definition) is 7. The molecule has 0 spiro atoms. The van der Waals surface area contributed by atoms with E-state index < -0.39 is 11.9 Å². The predicted molar refractivity (Wildman–Crippen MR) is 132 cm³/mol. The lowest BCUT2D eigenvalue weighted by Gasteiger charge is -2.15. The van der Waals surface area contributed by atoms with Crippen LogP contribution < -0.4 is 19.5 Å². The van der Waals surface area contributed by atoms with Gasteiger partial charge in [0.25, 0.3) is 5.91 Å². The number of carbonyl (C=O) groups is 2. The highest BCUT2D eigenvalue weighted by atomic mass is 16.5. The number of carbonyl (C=O) groups excluding carboxylic acids is 2. The number of hydrogen-bond donors (Lipinski definition) is 1. The number of fused-ring (bicyclic) bond motifs is 1. The summed E-state index contributed by atoms with van der Waals surface area (Å²) in [4.78, 5) is 26.2. The second-order valence-corrected chi connectivity index (χ2v) is 7.46. The summed E-state index contributed by atoms with van der Waals surface area (Å²) in [6, 6.07) is 17.6. The van der Waals surface area contributed by atoms with Crippen LogP contribution in [0.5, 0.6) is 17.2 Å². The van der Waals surface area contributed by atoms with E-state index in [0.29, 0.717) is 46.1 Å². The lowest BCUT2D eigenvalue weighted by Crippen LogP contribution is -2.16. The molecule has 0 fully saturated rings. The Morgan fingerprint density at radius 1 is 0.914 bits per heavy atom.